The number of aliphatic hydroxyl groups is 1. The molecule has 6 rings (SSSR count). The number of methoxy groups -OCH3 is 2. The molecule has 3 amide bonds. The molecule has 10 nitrogen and oxygen atoms in total. The molecule has 4 aromatic rings. The van der Waals surface area contributed by atoms with Crippen molar-refractivity contribution in [3.8, 4) is 11.5 Å². The zero-order chi connectivity index (χ0) is 33.1. The first-order chi connectivity index (χ1) is 22.7. The second-order valence-corrected chi connectivity index (χ2v) is 11.8. The van der Waals surface area contributed by atoms with Crippen LogP contribution in [0.5, 0.6) is 11.5 Å². The first-order valence-corrected chi connectivity index (χ1v) is 15.5. The Balaban J connectivity index is 1.24. The predicted molar refractivity (Wildman–Crippen MR) is 178 cm³/mol. The molecule has 1 fully saturated rings. The smallest absolute Gasteiger partial charge is 0.264 e. The van der Waals surface area contributed by atoms with Crippen molar-refractivity contribution in [1.82, 2.24) is 0 Å². The molecule has 0 aliphatic carbocycles. The van der Waals surface area contributed by atoms with Crippen molar-refractivity contribution in [2.75, 3.05) is 36.4 Å². The lowest BCUT2D eigenvalue weighted by atomic mass is 9.82. The van der Waals surface area contributed by atoms with Gasteiger partial charge in [-0.1, -0.05) is 19.1 Å². The number of anilines is 3. The highest BCUT2D eigenvalue weighted by Crippen LogP contribution is 2.54. The second kappa shape index (κ2) is 13.3. The molecule has 2 aliphatic heterocycles. The van der Waals surface area contributed by atoms with Crippen molar-refractivity contribution in [3.63, 3.8) is 0 Å². The third-order valence-corrected chi connectivity index (χ3v) is 8.88. The Morgan fingerprint density at radius 2 is 1.40 bits per heavy atom. The molecule has 4 aromatic carbocycles. The Hall–Kier alpha value is -5.19. The van der Waals surface area contributed by atoms with Gasteiger partial charge in [-0.2, -0.15) is 0 Å². The van der Waals surface area contributed by atoms with Gasteiger partial charge >= 0.3 is 0 Å². The fourth-order valence-corrected chi connectivity index (χ4v) is 6.39. The Morgan fingerprint density at radius 1 is 0.851 bits per heavy atom. The number of aliphatic hydroxyl groups excluding tert-OH is 1. The standard InChI is InChI=1S/C37H37N3O7/c1-23-20-31(18-19-41)47-37(23)32-21-28(39-35(43)26-8-15-30(46-3)16-9-26)12-17-33(32)40(36(37)44)22-24-4-10-27(11-5-24)38-34(42)25-6-13-29(45-2)14-7-25/h4-17,21,23,31,41H,18-20,22H2,1-3H3,(H,38,42)(H,39,43)/t23-,31+,37+/m1/s1. The van der Waals surface area contributed by atoms with E-state index in [-0.39, 0.29) is 42.9 Å². The molecule has 0 radical (unpaired) electrons. The molecular weight excluding hydrogens is 598 g/mol. The second-order valence-electron chi connectivity index (χ2n) is 11.8. The van der Waals surface area contributed by atoms with Gasteiger partial charge in [-0.15, -0.1) is 0 Å². The molecule has 3 atom stereocenters. The Kier molecular flexibility index (Phi) is 8.97. The molecule has 0 unspecified atom stereocenters. The normalized spacial score (nSPS) is 19.8. The van der Waals surface area contributed by atoms with Gasteiger partial charge in [0.25, 0.3) is 17.7 Å². The van der Waals surface area contributed by atoms with E-state index in [9.17, 15) is 19.5 Å². The quantitative estimate of drug-likeness (QED) is 0.202. The average Bonchev–Trinajstić information content (AvgIpc) is 3.54. The van der Waals surface area contributed by atoms with Gasteiger partial charge in [0.15, 0.2) is 5.60 Å². The Bertz CT molecular complexity index is 1770. The van der Waals surface area contributed by atoms with E-state index in [4.69, 9.17) is 14.2 Å². The van der Waals surface area contributed by atoms with Crippen molar-refractivity contribution in [1.29, 1.82) is 0 Å². The predicted octanol–water partition coefficient (Wildman–Crippen LogP) is 5.76. The number of amides is 3. The van der Waals surface area contributed by atoms with E-state index in [1.165, 1.54) is 0 Å². The minimum Gasteiger partial charge on any atom is -0.497 e. The van der Waals surface area contributed by atoms with Crippen LogP contribution in [-0.4, -0.2) is 49.8 Å². The van der Waals surface area contributed by atoms with E-state index >= 15 is 0 Å². The van der Waals surface area contributed by atoms with Crippen molar-refractivity contribution >= 4 is 34.8 Å². The number of hydrogen-bond donors (Lipinski definition) is 3. The number of nitrogens with zero attached hydrogens (tertiary/aromatic N) is 1. The summed E-state index contributed by atoms with van der Waals surface area (Å²) in [5.41, 5.74) is 3.13. The summed E-state index contributed by atoms with van der Waals surface area (Å²) in [7, 11) is 3.14. The Labute approximate surface area is 273 Å². The number of ether oxygens (including phenoxy) is 3. The van der Waals surface area contributed by atoms with Gasteiger partial charge < -0.3 is 34.9 Å². The average molecular weight is 636 g/mol. The zero-order valence-corrected chi connectivity index (χ0v) is 26.5. The van der Waals surface area contributed by atoms with E-state index in [2.05, 4.69) is 10.6 Å². The van der Waals surface area contributed by atoms with E-state index < -0.39 is 5.60 Å². The van der Waals surface area contributed by atoms with Gasteiger partial charge in [0.1, 0.15) is 11.5 Å². The highest BCUT2D eigenvalue weighted by molar-refractivity contribution is 6.09. The number of hydrogen-bond acceptors (Lipinski definition) is 7. The summed E-state index contributed by atoms with van der Waals surface area (Å²) in [5.74, 6) is 0.430. The van der Waals surface area contributed by atoms with Gasteiger partial charge in [-0.05, 0) is 97.3 Å². The van der Waals surface area contributed by atoms with Crippen LogP contribution < -0.4 is 25.0 Å². The van der Waals surface area contributed by atoms with Gasteiger partial charge in [-0.25, -0.2) is 0 Å². The summed E-state index contributed by atoms with van der Waals surface area (Å²) in [6, 6.07) is 26.5. The monoisotopic (exact) mass is 635 g/mol. The van der Waals surface area contributed by atoms with Crippen LogP contribution in [0.3, 0.4) is 0 Å². The number of fused-ring (bicyclic) bond motifs is 2. The van der Waals surface area contributed by atoms with E-state index in [0.717, 1.165) is 5.56 Å². The number of nitrogens with one attached hydrogen (secondary N) is 2. The fourth-order valence-electron chi connectivity index (χ4n) is 6.39. The van der Waals surface area contributed by atoms with Crippen LogP contribution in [0, 0.1) is 5.92 Å². The van der Waals surface area contributed by atoms with Crippen LogP contribution in [0.15, 0.2) is 91.0 Å². The zero-order valence-electron chi connectivity index (χ0n) is 26.5. The first kappa shape index (κ1) is 31.8. The first-order valence-electron chi connectivity index (χ1n) is 15.5. The molecule has 0 bridgehead atoms. The van der Waals surface area contributed by atoms with E-state index in [0.29, 0.717) is 58.1 Å². The summed E-state index contributed by atoms with van der Waals surface area (Å²) in [5, 5.41) is 15.5. The van der Waals surface area contributed by atoms with Crippen molar-refractivity contribution < 1.29 is 33.7 Å². The molecule has 2 heterocycles. The van der Waals surface area contributed by atoms with Crippen molar-refractivity contribution in [3.05, 3.63) is 113 Å². The maximum Gasteiger partial charge on any atom is 0.264 e. The summed E-state index contributed by atoms with van der Waals surface area (Å²) >= 11 is 0. The lowest BCUT2D eigenvalue weighted by Gasteiger charge is -2.28. The summed E-state index contributed by atoms with van der Waals surface area (Å²) in [6.07, 6.45) is 0.759. The third kappa shape index (κ3) is 6.17. The molecular formula is C37H37N3O7. The SMILES string of the molecule is COc1ccc(C(=O)Nc2ccc(CN3C(=O)[C@@]4(O[C@@H](CCO)C[C@H]4C)c4cc(NC(=O)c5ccc(OC)cc5)ccc43)cc2)cc1. The van der Waals surface area contributed by atoms with Crippen LogP contribution in [-0.2, 0) is 21.7 Å². The maximum absolute atomic E-state index is 14.4. The van der Waals surface area contributed by atoms with Crippen LogP contribution >= 0.6 is 0 Å². The number of carbonyl (C=O) groups is 3. The van der Waals surface area contributed by atoms with Crippen LogP contribution in [0.4, 0.5) is 17.1 Å². The molecule has 1 spiro atoms. The number of benzene rings is 4. The maximum atomic E-state index is 14.4. The summed E-state index contributed by atoms with van der Waals surface area (Å²) in [4.78, 5) is 41.9. The molecule has 242 valence electrons. The number of rotatable bonds is 10. The highest BCUT2D eigenvalue weighted by Gasteiger charge is 2.60. The van der Waals surface area contributed by atoms with Crippen molar-refractivity contribution in [2.45, 2.75) is 38.0 Å². The lowest BCUT2D eigenvalue weighted by molar-refractivity contribution is -0.146. The molecule has 1 saturated heterocycles. The Morgan fingerprint density at radius 3 is 1.96 bits per heavy atom. The summed E-state index contributed by atoms with van der Waals surface area (Å²) < 4.78 is 16.9. The molecule has 47 heavy (non-hydrogen) atoms. The van der Waals surface area contributed by atoms with Crippen LogP contribution in [0.2, 0.25) is 0 Å². The molecule has 3 N–H and O–H groups in total. The number of carbonyl (C=O) groups excluding carboxylic acids is 3. The molecule has 0 saturated carbocycles. The van der Waals surface area contributed by atoms with Gasteiger partial charge in [0, 0.05) is 40.6 Å². The topological polar surface area (TPSA) is 126 Å². The van der Waals surface area contributed by atoms with Crippen LogP contribution in [0.1, 0.15) is 51.6 Å². The van der Waals surface area contributed by atoms with E-state index in [1.807, 2.05) is 31.2 Å². The minimum absolute atomic E-state index is 0.0441. The largest absolute Gasteiger partial charge is 0.497 e. The highest BCUT2D eigenvalue weighted by atomic mass is 16.5. The minimum atomic E-state index is -1.25. The van der Waals surface area contributed by atoms with Gasteiger partial charge in [0.2, 0.25) is 0 Å². The third-order valence-electron chi connectivity index (χ3n) is 8.88. The van der Waals surface area contributed by atoms with Crippen molar-refractivity contribution in [2.24, 2.45) is 5.92 Å². The molecule has 2 aliphatic rings. The van der Waals surface area contributed by atoms with E-state index in [1.54, 1.807) is 85.8 Å². The molecule has 10 heteroatoms. The van der Waals surface area contributed by atoms with Gasteiger partial charge in [-0.3, -0.25) is 14.4 Å². The van der Waals surface area contributed by atoms with Gasteiger partial charge in [0.05, 0.1) is 32.6 Å². The molecule has 0 aromatic heterocycles. The van der Waals surface area contributed by atoms with Crippen LogP contribution in [0.25, 0.3) is 0 Å². The lowest BCUT2D eigenvalue weighted by Crippen LogP contribution is -2.43. The summed E-state index contributed by atoms with van der Waals surface area (Å²) in [6.45, 7) is 2.22. The fraction of sp³-hybridized carbons (Fsp3) is 0.270.